The standard InChI is InChI=1S/C22H16N2O3/c25-22(26)20(13-16-14-24-21-19(16)7-4-12-23-21)15-8-10-18(11-9-15)27-17-5-2-1-3-6-17/h1-14H,(H,23,24)(H,25,26). The molecule has 2 N–H and O–H groups in total. The quantitative estimate of drug-likeness (QED) is 0.495. The van der Waals surface area contributed by atoms with Crippen LogP contribution in [0.15, 0.2) is 79.1 Å². The van der Waals surface area contributed by atoms with Crippen molar-refractivity contribution in [1.29, 1.82) is 0 Å². The molecule has 5 heteroatoms. The van der Waals surface area contributed by atoms with Crippen LogP contribution < -0.4 is 4.74 Å². The summed E-state index contributed by atoms with van der Waals surface area (Å²) in [7, 11) is 0. The smallest absolute Gasteiger partial charge is 0.336 e. The molecule has 0 unspecified atom stereocenters. The number of aromatic amines is 1. The Morgan fingerprint density at radius 3 is 2.44 bits per heavy atom. The first-order valence-electron chi connectivity index (χ1n) is 8.41. The number of carboxylic acids is 1. The molecule has 4 aromatic rings. The molecule has 0 saturated carbocycles. The van der Waals surface area contributed by atoms with Crippen LogP contribution in [0.2, 0.25) is 0 Å². The molecule has 27 heavy (non-hydrogen) atoms. The van der Waals surface area contributed by atoms with Crippen molar-refractivity contribution in [1.82, 2.24) is 9.97 Å². The van der Waals surface area contributed by atoms with Crippen LogP contribution in [0.5, 0.6) is 11.5 Å². The van der Waals surface area contributed by atoms with Gasteiger partial charge in [0.2, 0.25) is 0 Å². The molecule has 0 amide bonds. The lowest BCUT2D eigenvalue weighted by Gasteiger charge is -2.07. The van der Waals surface area contributed by atoms with E-state index in [0.29, 0.717) is 11.3 Å². The molecular formula is C22H16N2O3. The Balaban J connectivity index is 1.65. The van der Waals surface area contributed by atoms with Gasteiger partial charge in [0.15, 0.2) is 0 Å². The van der Waals surface area contributed by atoms with Crippen LogP contribution >= 0.6 is 0 Å². The van der Waals surface area contributed by atoms with Gasteiger partial charge in [0.1, 0.15) is 17.1 Å². The van der Waals surface area contributed by atoms with Crippen molar-refractivity contribution < 1.29 is 14.6 Å². The van der Waals surface area contributed by atoms with Crippen LogP contribution in [-0.4, -0.2) is 21.0 Å². The third-order valence-electron chi connectivity index (χ3n) is 4.16. The molecule has 2 aromatic heterocycles. The van der Waals surface area contributed by atoms with Gasteiger partial charge in [-0.2, -0.15) is 0 Å². The summed E-state index contributed by atoms with van der Waals surface area (Å²) in [6, 6.07) is 20.2. The van der Waals surface area contributed by atoms with Crippen molar-refractivity contribution in [3.63, 3.8) is 0 Å². The van der Waals surface area contributed by atoms with E-state index in [9.17, 15) is 9.90 Å². The van der Waals surface area contributed by atoms with E-state index >= 15 is 0 Å². The Morgan fingerprint density at radius 1 is 0.963 bits per heavy atom. The van der Waals surface area contributed by atoms with E-state index in [2.05, 4.69) is 9.97 Å². The highest BCUT2D eigenvalue weighted by molar-refractivity contribution is 6.21. The SMILES string of the molecule is O=C(O)C(=Cc1c[nH]c2ncccc12)c1ccc(Oc2ccccc2)cc1. The number of fused-ring (bicyclic) bond motifs is 1. The predicted molar refractivity (Wildman–Crippen MR) is 105 cm³/mol. The molecule has 5 nitrogen and oxygen atoms in total. The fourth-order valence-electron chi connectivity index (χ4n) is 2.85. The first kappa shape index (κ1) is 16.6. The second-order valence-electron chi connectivity index (χ2n) is 5.95. The third kappa shape index (κ3) is 3.57. The van der Waals surface area contributed by atoms with Crippen LogP contribution in [0.1, 0.15) is 11.1 Å². The number of hydrogen-bond acceptors (Lipinski definition) is 3. The summed E-state index contributed by atoms with van der Waals surface area (Å²) in [6.07, 6.45) is 5.10. The molecule has 0 saturated heterocycles. The number of hydrogen-bond donors (Lipinski definition) is 2. The zero-order valence-corrected chi connectivity index (χ0v) is 14.3. The zero-order chi connectivity index (χ0) is 18.6. The molecule has 2 aromatic carbocycles. The Bertz CT molecular complexity index is 1110. The number of rotatable bonds is 5. The normalized spacial score (nSPS) is 11.5. The molecule has 0 aliphatic carbocycles. The van der Waals surface area contributed by atoms with Crippen molar-refractivity contribution >= 4 is 28.7 Å². The van der Waals surface area contributed by atoms with E-state index in [1.807, 2.05) is 42.5 Å². The third-order valence-corrected chi connectivity index (χ3v) is 4.16. The summed E-state index contributed by atoms with van der Waals surface area (Å²) in [5.41, 5.74) is 2.30. The number of carboxylic acid groups (broad SMARTS) is 1. The van der Waals surface area contributed by atoms with E-state index in [0.717, 1.165) is 22.3 Å². The largest absolute Gasteiger partial charge is 0.478 e. The van der Waals surface area contributed by atoms with Gasteiger partial charge in [0, 0.05) is 23.3 Å². The molecule has 0 aliphatic rings. The lowest BCUT2D eigenvalue weighted by atomic mass is 10.0. The fourth-order valence-corrected chi connectivity index (χ4v) is 2.85. The number of para-hydroxylation sites is 1. The zero-order valence-electron chi connectivity index (χ0n) is 14.3. The van der Waals surface area contributed by atoms with E-state index in [4.69, 9.17) is 4.74 Å². The Labute approximate surface area is 155 Å². The summed E-state index contributed by atoms with van der Waals surface area (Å²) in [5, 5.41) is 10.6. The highest BCUT2D eigenvalue weighted by Crippen LogP contribution is 2.26. The Kier molecular flexibility index (Phi) is 4.41. The Morgan fingerprint density at radius 2 is 1.70 bits per heavy atom. The van der Waals surface area contributed by atoms with Crippen molar-refractivity contribution in [3.8, 4) is 11.5 Å². The van der Waals surface area contributed by atoms with Gasteiger partial charge in [-0.1, -0.05) is 30.3 Å². The summed E-state index contributed by atoms with van der Waals surface area (Å²) in [6.45, 7) is 0. The van der Waals surface area contributed by atoms with Gasteiger partial charge in [-0.3, -0.25) is 0 Å². The predicted octanol–water partition coefficient (Wildman–Crippen LogP) is 4.98. The minimum absolute atomic E-state index is 0.200. The molecule has 0 radical (unpaired) electrons. The highest BCUT2D eigenvalue weighted by atomic mass is 16.5. The maximum atomic E-state index is 11.8. The first-order valence-corrected chi connectivity index (χ1v) is 8.41. The molecule has 0 spiro atoms. The lowest BCUT2D eigenvalue weighted by molar-refractivity contribution is -0.130. The van der Waals surface area contributed by atoms with Crippen LogP contribution in [-0.2, 0) is 4.79 Å². The maximum Gasteiger partial charge on any atom is 0.336 e. The average molecular weight is 356 g/mol. The second kappa shape index (κ2) is 7.17. The number of aromatic nitrogens is 2. The number of H-pyrrole nitrogens is 1. The van der Waals surface area contributed by atoms with Crippen molar-refractivity contribution in [2.45, 2.75) is 0 Å². The molecule has 0 atom stereocenters. The second-order valence-corrected chi connectivity index (χ2v) is 5.95. The van der Waals surface area contributed by atoms with Gasteiger partial charge in [-0.05, 0) is 48.0 Å². The molecule has 0 aliphatic heterocycles. The number of benzene rings is 2. The number of pyridine rings is 1. The highest BCUT2D eigenvalue weighted by Gasteiger charge is 2.12. The summed E-state index contributed by atoms with van der Waals surface area (Å²) >= 11 is 0. The lowest BCUT2D eigenvalue weighted by Crippen LogP contribution is -1.99. The van der Waals surface area contributed by atoms with Gasteiger partial charge in [-0.15, -0.1) is 0 Å². The van der Waals surface area contributed by atoms with Crippen LogP contribution in [0, 0.1) is 0 Å². The summed E-state index contributed by atoms with van der Waals surface area (Å²) in [4.78, 5) is 19.1. The van der Waals surface area contributed by atoms with Crippen molar-refractivity contribution in [3.05, 3.63) is 90.3 Å². The number of nitrogens with zero attached hydrogens (tertiary/aromatic N) is 1. The van der Waals surface area contributed by atoms with Gasteiger partial charge in [-0.25, -0.2) is 9.78 Å². The van der Waals surface area contributed by atoms with Gasteiger partial charge < -0.3 is 14.8 Å². The monoisotopic (exact) mass is 356 g/mol. The van der Waals surface area contributed by atoms with Gasteiger partial charge >= 0.3 is 5.97 Å². The van der Waals surface area contributed by atoms with E-state index in [1.165, 1.54) is 0 Å². The molecular weight excluding hydrogens is 340 g/mol. The number of ether oxygens (including phenoxy) is 1. The van der Waals surface area contributed by atoms with E-state index < -0.39 is 5.97 Å². The molecule has 0 bridgehead atoms. The van der Waals surface area contributed by atoms with Crippen LogP contribution in [0.4, 0.5) is 0 Å². The van der Waals surface area contributed by atoms with E-state index in [1.54, 1.807) is 42.7 Å². The number of aliphatic carboxylic acids is 1. The fraction of sp³-hybridized carbons (Fsp3) is 0. The minimum atomic E-state index is -0.995. The first-order chi connectivity index (χ1) is 13.2. The molecule has 4 rings (SSSR count). The van der Waals surface area contributed by atoms with E-state index in [-0.39, 0.29) is 5.57 Å². The topological polar surface area (TPSA) is 75.2 Å². The van der Waals surface area contributed by atoms with Crippen molar-refractivity contribution in [2.75, 3.05) is 0 Å². The molecule has 0 fully saturated rings. The maximum absolute atomic E-state index is 11.8. The number of carbonyl (C=O) groups is 1. The summed E-state index contributed by atoms with van der Waals surface area (Å²) < 4.78 is 5.76. The summed E-state index contributed by atoms with van der Waals surface area (Å²) in [5.74, 6) is 0.376. The molecule has 132 valence electrons. The van der Waals surface area contributed by atoms with Gasteiger partial charge in [0.05, 0.1) is 5.57 Å². The van der Waals surface area contributed by atoms with Gasteiger partial charge in [0.25, 0.3) is 0 Å². The van der Waals surface area contributed by atoms with Crippen LogP contribution in [0.3, 0.4) is 0 Å². The van der Waals surface area contributed by atoms with Crippen molar-refractivity contribution in [2.24, 2.45) is 0 Å². The Hall–Kier alpha value is -3.86. The minimum Gasteiger partial charge on any atom is -0.478 e. The molecule has 2 heterocycles. The average Bonchev–Trinajstić information content (AvgIpc) is 3.10. The van der Waals surface area contributed by atoms with Crippen LogP contribution in [0.25, 0.3) is 22.7 Å². The number of nitrogens with one attached hydrogen (secondary N) is 1.